The van der Waals surface area contributed by atoms with Crippen LogP contribution >= 0.6 is 11.8 Å². The summed E-state index contributed by atoms with van der Waals surface area (Å²) in [6.45, 7) is 2.54. The smallest absolute Gasteiger partial charge is 0.254 e. The van der Waals surface area contributed by atoms with Gasteiger partial charge in [0.15, 0.2) is 5.82 Å². The lowest BCUT2D eigenvalue weighted by atomic mass is 10.0. The summed E-state index contributed by atoms with van der Waals surface area (Å²) in [6, 6.07) is 3.76. The molecule has 1 aliphatic carbocycles. The fourth-order valence-electron chi connectivity index (χ4n) is 3.18. The molecule has 2 aromatic heterocycles. The molecule has 0 aromatic carbocycles. The van der Waals surface area contributed by atoms with E-state index in [0.717, 1.165) is 23.0 Å². The van der Waals surface area contributed by atoms with Crippen molar-refractivity contribution in [1.82, 2.24) is 20.3 Å². The van der Waals surface area contributed by atoms with E-state index in [1.807, 2.05) is 19.1 Å². The van der Waals surface area contributed by atoms with Crippen LogP contribution in [0.25, 0.3) is 11.4 Å². The summed E-state index contributed by atoms with van der Waals surface area (Å²) >= 11 is 2.07. The van der Waals surface area contributed by atoms with Crippen LogP contribution in [0.15, 0.2) is 30.7 Å². The highest BCUT2D eigenvalue weighted by Crippen LogP contribution is 2.28. The minimum atomic E-state index is -0.0945. The number of nitrogens with zero attached hydrogens (tertiary/aromatic N) is 3. The van der Waals surface area contributed by atoms with Crippen LogP contribution in [0.3, 0.4) is 0 Å². The lowest BCUT2D eigenvalue weighted by Crippen LogP contribution is -2.26. The zero-order chi connectivity index (χ0) is 18.2. The minimum Gasteiger partial charge on any atom is -0.352 e. The fraction of sp³-hybridized carbons (Fsp3) is 0.500. The van der Waals surface area contributed by atoms with Crippen molar-refractivity contribution < 1.29 is 4.79 Å². The third kappa shape index (κ3) is 5.27. The van der Waals surface area contributed by atoms with Crippen LogP contribution in [0.4, 0.5) is 0 Å². The second-order valence-electron chi connectivity index (χ2n) is 6.67. The second kappa shape index (κ2) is 9.67. The van der Waals surface area contributed by atoms with Crippen molar-refractivity contribution in [3.8, 4) is 11.4 Å². The molecule has 138 valence electrons. The highest BCUT2D eigenvalue weighted by atomic mass is 32.2. The van der Waals surface area contributed by atoms with E-state index in [1.54, 1.807) is 18.6 Å². The molecule has 5 nitrogen and oxygen atoms in total. The monoisotopic (exact) mass is 370 g/mol. The second-order valence-corrected chi connectivity index (χ2v) is 8.08. The summed E-state index contributed by atoms with van der Waals surface area (Å²) in [5.41, 5.74) is 2.08. The topological polar surface area (TPSA) is 67.8 Å². The van der Waals surface area contributed by atoms with Crippen LogP contribution in [0.1, 0.15) is 54.6 Å². The fourth-order valence-corrected chi connectivity index (χ4v) is 4.49. The van der Waals surface area contributed by atoms with Gasteiger partial charge in [-0.2, -0.15) is 11.8 Å². The van der Waals surface area contributed by atoms with E-state index in [1.165, 1.54) is 32.1 Å². The molecule has 2 heterocycles. The summed E-state index contributed by atoms with van der Waals surface area (Å²) < 4.78 is 0. The Balaban J connectivity index is 1.45. The normalized spacial score (nSPS) is 15.0. The Bertz CT molecular complexity index is 717. The SMILES string of the molecule is Cc1nc(-c2cccnc2)ncc1C(=O)NCCCSC1CCCCC1. The van der Waals surface area contributed by atoms with Crippen LogP contribution in [-0.2, 0) is 0 Å². The number of rotatable bonds is 7. The van der Waals surface area contributed by atoms with Gasteiger partial charge in [-0.05, 0) is 44.1 Å². The number of hydrogen-bond acceptors (Lipinski definition) is 5. The molecular formula is C20H26N4OS. The predicted octanol–water partition coefficient (Wildman–Crippen LogP) is 4.03. The molecule has 0 radical (unpaired) electrons. The zero-order valence-electron chi connectivity index (χ0n) is 15.3. The maximum Gasteiger partial charge on any atom is 0.254 e. The first-order valence-electron chi connectivity index (χ1n) is 9.38. The minimum absolute atomic E-state index is 0.0945. The molecule has 0 aliphatic heterocycles. The molecule has 6 heteroatoms. The lowest BCUT2D eigenvalue weighted by molar-refractivity contribution is 0.0952. The number of carbonyl (C=O) groups is 1. The van der Waals surface area contributed by atoms with E-state index in [-0.39, 0.29) is 5.91 Å². The highest BCUT2D eigenvalue weighted by Gasteiger charge is 2.14. The Hall–Kier alpha value is -1.95. The van der Waals surface area contributed by atoms with Gasteiger partial charge in [0.1, 0.15) is 0 Å². The van der Waals surface area contributed by atoms with Crippen LogP contribution in [0.2, 0.25) is 0 Å². The summed E-state index contributed by atoms with van der Waals surface area (Å²) in [5, 5.41) is 3.82. The van der Waals surface area contributed by atoms with Crippen molar-refractivity contribution >= 4 is 17.7 Å². The van der Waals surface area contributed by atoms with E-state index >= 15 is 0 Å². The summed E-state index contributed by atoms with van der Waals surface area (Å²) in [4.78, 5) is 25.2. The highest BCUT2D eigenvalue weighted by molar-refractivity contribution is 7.99. The average molecular weight is 371 g/mol. The van der Waals surface area contributed by atoms with Gasteiger partial charge in [0.05, 0.1) is 11.3 Å². The molecule has 0 spiro atoms. The first kappa shape index (κ1) is 18.8. The molecule has 1 fully saturated rings. The van der Waals surface area contributed by atoms with Gasteiger partial charge in [-0.15, -0.1) is 0 Å². The Morgan fingerprint density at radius 1 is 1.27 bits per heavy atom. The number of nitrogens with one attached hydrogen (secondary N) is 1. The van der Waals surface area contributed by atoms with E-state index in [2.05, 4.69) is 32.0 Å². The van der Waals surface area contributed by atoms with Crippen LogP contribution in [0, 0.1) is 6.92 Å². The number of carbonyl (C=O) groups excluding carboxylic acids is 1. The number of aryl methyl sites for hydroxylation is 1. The maximum atomic E-state index is 12.4. The molecule has 2 aromatic rings. The molecule has 26 heavy (non-hydrogen) atoms. The van der Waals surface area contributed by atoms with Gasteiger partial charge in [0.2, 0.25) is 0 Å². The Labute approximate surface area is 159 Å². The van der Waals surface area contributed by atoms with Crippen molar-refractivity contribution in [2.45, 2.75) is 50.7 Å². The van der Waals surface area contributed by atoms with Gasteiger partial charge < -0.3 is 5.32 Å². The van der Waals surface area contributed by atoms with Gasteiger partial charge >= 0.3 is 0 Å². The third-order valence-corrected chi connectivity index (χ3v) is 6.12. The van der Waals surface area contributed by atoms with Crippen LogP contribution < -0.4 is 5.32 Å². The molecule has 0 atom stereocenters. The molecule has 0 unspecified atom stereocenters. The molecular weight excluding hydrogens is 344 g/mol. The van der Waals surface area contributed by atoms with Gasteiger partial charge in [0, 0.05) is 35.9 Å². The molecule has 1 amide bonds. The Morgan fingerprint density at radius 3 is 2.85 bits per heavy atom. The van der Waals surface area contributed by atoms with E-state index < -0.39 is 0 Å². The quantitative estimate of drug-likeness (QED) is 0.745. The largest absolute Gasteiger partial charge is 0.352 e. The van der Waals surface area contributed by atoms with Crippen molar-refractivity contribution in [2.75, 3.05) is 12.3 Å². The Morgan fingerprint density at radius 2 is 2.12 bits per heavy atom. The average Bonchev–Trinajstić information content (AvgIpc) is 2.69. The molecule has 1 saturated carbocycles. The zero-order valence-corrected chi connectivity index (χ0v) is 16.1. The number of amides is 1. The lowest BCUT2D eigenvalue weighted by Gasteiger charge is -2.20. The molecule has 1 aliphatic rings. The molecule has 1 N–H and O–H groups in total. The number of pyridine rings is 1. The predicted molar refractivity (Wildman–Crippen MR) is 106 cm³/mol. The van der Waals surface area contributed by atoms with Gasteiger partial charge in [0.25, 0.3) is 5.91 Å². The number of thioether (sulfide) groups is 1. The van der Waals surface area contributed by atoms with Crippen LogP contribution in [0.5, 0.6) is 0 Å². The maximum absolute atomic E-state index is 12.4. The summed E-state index contributed by atoms with van der Waals surface area (Å²) in [7, 11) is 0. The third-order valence-electron chi connectivity index (χ3n) is 4.66. The molecule has 0 saturated heterocycles. The molecule has 0 bridgehead atoms. The van der Waals surface area contributed by atoms with E-state index in [4.69, 9.17) is 0 Å². The van der Waals surface area contributed by atoms with E-state index in [9.17, 15) is 4.79 Å². The van der Waals surface area contributed by atoms with Gasteiger partial charge in [-0.1, -0.05) is 19.3 Å². The Kier molecular flexibility index (Phi) is 7.00. The van der Waals surface area contributed by atoms with Crippen molar-refractivity contribution in [3.63, 3.8) is 0 Å². The van der Waals surface area contributed by atoms with Gasteiger partial charge in [-0.3, -0.25) is 9.78 Å². The molecule has 3 rings (SSSR count). The summed E-state index contributed by atoms with van der Waals surface area (Å²) in [6.07, 6.45) is 12.9. The number of hydrogen-bond donors (Lipinski definition) is 1. The first-order chi connectivity index (χ1) is 12.7. The van der Waals surface area contributed by atoms with Gasteiger partial charge in [-0.25, -0.2) is 9.97 Å². The summed E-state index contributed by atoms with van der Waals surface area (Å²) in [5.74, 6) is 1.61. The van der Waals surface area contributed by atoms with Crippen molar-refractivity contribution in [1.29, 1.82) is 0 Å². The first-order valence-corrected chi connectivity index (χ1v) is 10.4. The van der Waals surface area contributed by atoms with E-state index in [0.29, 0.717) is 23.6 Å². The van der Waals surface area contributed by atoms with Crippen LogP contribution in [-0.4, -0.2) is 38.4 Å². The van der Waals surface area contributed by atoms with Crippen molar-refractivity contribution in [3.05, 3.63) is 42.0 Å². The standard InChI is InChI=1S/C20H26N4OS/c1-15-18(14-23-19(24-15)16-7-5-10-21-13-16)20(25)22-11-6-12-26-17-8-3-2-4-9-17/h5,7,10,13-14,17H,2-4,6,8-9,11-12H2,1H3,(H,22,25). The van der Waals surface area contributed by atoms with Crippen molar-refractivity contribution in [2.24, 2.45) is 0 Å². The number of aromatic nitrogens is 3.